The third kappa shape index (κ3) is 5.26. The summed E-state index contributed by atoms with van der Waals surface area (Å²) in [5.74, 6) is 1.23. The minimum atomic E-state index is -0.265. The summed E-state index contributed by atoms with van der Waals surface area (Å²) in [6.45, 7) is 6.39. The van der Waals surface area contributed by atoms with Gasteiger partial charge < -0.3 is 29.9 Å². The van der Waals surface area contributed by atoms with Gasteiger partial charge in [0, 0.05) is 43.1 Å². The van der Waals surface area contributed by atoms with Gasteiger partial charge in [-0.05, 0) is 50.4 Å². The third-order valence-electron chi connectivity index (χ3n) is 6.00. The van der Waals surface area contributed by atoms with Crippen molar-refractivity contribution >= 4 is 34.7 Å². The molecule has 1 aromatic heterocycles. The van der Waals surface area contributed by atoms with Crippen LogP contribution in [0.3, 0.4) is 0 Å². The topological polar surface area (TPSA) is 91.8 Å². The Hall–Kier alpha value is -3.56. The van der Waals surface area contributed by atoms with Crippen molar-refractivity contribution in [3.63, 3.8) is 0 Å². The van der Waals surface area contributed by atoms with Crippen molar-refractivity contribution in [2.75, 3.05) is 55.4 Å². The number of hydrogen-bond acceptors (Lipinski definition) is 8. The SMILES string of the molecule is CC1COc2c(ncnc2Oc2cc(C(=O)Nc3cccc(N4CCN(C)CC4)c3)ccc2Cl)N1. The lowest BCUT2D eigenvalue weighted by molar-refractivity contribution is 0.102. The fraction of sp³-hybridized carbons (Fsp3) is 0.320. The van der Waals surface area contributed by atoms with Crippen LogP contribution in [0.1, 0.15) is 17.3 Å². The van der Waals surface area contributed by atoms with Crippen LogP contribution < -0.4 is 25.0 Å². The van der Waals surface area contributed by atoms with Crippen LogP contribution in [-0.2, 0) is 0 Å². The zero-order valence-corrected chi connectivity index (χ0v) is 20.4. The number of amides is 1. The highest BCUT2D eigenvalue weighted by atomic mass is 35.5. The number of halogens is 1. The molecule has 3 aromatic rings. The van der Waals surface area contributed by atoms with E-state index in [4.69, 9.17) is 21.1 Å². The Labute approximate surface area is 209 Å². The lowest BCUT2D eigenvalue weighted by Crippen LogP contribution is -2.44. The van der Waals surface area contributed by atoms with Gasteiger partial charge in [0.25, 0.3) is 11.8 Å². The van der Waals surface area contributed by atoms with E-state index in [1.165, 1.54) is 6.33 Å². The maximum atomic E-state index is 13.0. The number of hydrogen-bond donors (Lipinski definition) is 2. The second kappa shape index (κ2) is 9.97. The molecule has 5 rings (SSSR count). The molecule has 0 aliphatic carbocycles. The van der Waals surface area contributed by atoms with Gasteiger partial charge >= 0.3 is 0 Å². The number of fused-ring (bicyclic) bond motifs is 1. The molecule has 2 aliphatic rings. The number of carbonyl (C=O) groups excluding carboxylic acids is 1. The number of nitrogens with zero attached hydrogens (tertiary/aromatic N) is 4. The predicted molar refractivity (Wildman–Crippen MR) is 136 cm³/mol. The third-order valence-corrected chi connectivity index (χ3v) is 6.32. The zero-order chi connectivity index (χ0) is 24.4. The van der Waals surface area contributed by atoms with E-state index in [-0.39, 0.29) is 17.8 Å². The minimum absolute atomic E-state index is 0.121. The fourth-order valence-electron chi connectivity index (χ4n) is 4.02. The zero-order valence-electron chi connectivity index (χ0n) is 19.6. The Bertz CT molecular complexity index is 1230. The van der Waals surface area contributed by atoms with E-state index in [9.17, 15) is 4.79 Å². The summed E-state index contributed by atoms with van der Waals surface area (Å²) in [6, 6.07) is 12.9. The fourth-order valence-corrected chi connectivity index (χ4v) is 4.18. The summed E-state index contributed by atoms with van der Waals surface area (Å²) in [6.07, 6.45) is 1.39. The van der Waals surface area contributed by atoms with Crippen LogP contribution >= 0.6 is 11.6 Å². The molecular formula is C25H27ClN6O3. The standard InChI is InChI=1S/C25H27ClN6O3/c1-16-14-34-22-23(29-16)27-15-28-25(22)35-21-12-17(6-7-20(21)26)24(33)30-18-4-3-5-19(13-18)32-10-8-31(2)9-11-32/h3-7,12-13,15-16H,8-11,14H2,1-2H3,(H,30,33)(H,27,28,29). The van der Waals surface area contributed by atoms with Gasteiger partial charge in [-0.3, -0.25) is 4.79 Å². The molecule has 0 radical (unpaired) electrons. The number of nitrogens with one attached hydrogen (secondary N) is 2. The second-order valence-corrected chi connectivity index (χ2v) is 9.16. The van der Waals surface area contributed by atoms with E-state index < -0.39 is 0 Å². The molecule has 0 spiro atoms. The largest absolute Gasteiger partial charge is 0.483 e. The number of carbonyl (C=O) groups is 1. The summed E-state index contributed by atoms with van der Waals surface area (Å²) < 4.78 is 11.7. The normalized spacial score (nSPS) is 17.7. The number of ether oxygens (including phenoxy) is 2. The minimum Gasteiger partial charge on any atom is -0.483 e. The van der Waals surface area contributed by atoms with Crippen molar-refractivity contribution in [2.45, 2.75) is 13.0 Å². The monoisotopic (exact) mass is 494 g/mol. The molecule has 1 unspecified atom stereocenters. The Morgan fingerprint density at radius 3 is 2.83 bits per heavy atom. The number of benzene rings is 2. The van der Waals surface area contributed by atoms with Gasteiger partial charge in [-0.1, -0.05) is 17.7 Å². The van der Waals surface area contributed by atoms with Gasteiger partial charge in [-0.25, -0.2) is 4.98 Å². The van der Waals surface area contributed by atoms with Crippen molar-refractivity contribution in [2.24, 2.45) is 0 Å². The van der Waals surface area contributed by atoms with Gasteiger partial charge in [0.15, 0.2) is 5.82 Å². The Kier molecular flexibility index (Phi) is 6.61. The van der Waals surface area contributed by atoms with E-state index in [0.29, 0.717) is 34.5 Å². The van der Waals surface area contributed by atoms with Crippen LogP contribution in [0.2, 0.25) is 5.02 Å². The van der Waals surface area contributed by atoms with E-state index in [1.807, 2.05) is 25.1 Å². The summed E-state index contributed by atoms with van der Waals surface area (Å²) in [4.78, 5) is 26.1. The van der Waals surface area contributed by atoms with Crippen molar-refractivity contribution in [1.82, 2.24) is 14.9 Å². The quantitative estimate of drug-likeness (QED) is 0.547. The van der Waals surface area contributed by atoms with Crippen molar-refractivity contribution < 1.29 is 14.3 Å². The van der Waals surface area contributed by atoms with Gasteiger partial charge in [0.05, 0.1) is 11.1 Å². The maximum Gasteiger partial charge on any atom is 0.268 e. The molecule has 1 amide bonds. The van der Waals surface area contributed by atoms with E-state index in [0.717, 1.165) is 37.6 Å². The summed E-state index contributed by atoms with van der Waals surface area (Å²) >= 11 is 6.37. The molecule has 1 fully saturated rings. The first-order chi connectivity index (χ1) is 17.0. The maximum absolute atomic E-state index is 13.0. The van der Waals surface area contributed by atoms with Gasteiger partial charge in [0.1, 0.15) is 18.7 Å². The van der Waals surface area contributed by atoms with Gasteiger partial charge in [-0.2, -0.15) is 4.98 Å². The Morgan fingerprint density at radius 1 is 1.17 bits per heavy atom. The highest BCUT2D eigenvalue weighted by Crippen LogP contribution is 2.39. The van der Waals surface area contributed by atoms with Crippen LogP contribution in [0.15, 0.2) is 48.8 Å². The first-order valence-electron chi connectivity index (χ1n) is 11.5. The van der Waals surface area contributed by atoms with Crippen molar-refractivity contribution in [3.8, 4) is 17.4 Å². The molecule has 182 valence electrons. The summed E-state index contributed by atoms with van der Waals surface area (Å²) in [5.41, 5.74) is 2.22. The van der Waals surface area contributed by atoms with Crippen LogP contribution in [0.25, 0.3) is 0 Å². The molecule has 2 aromatic carbocycles. The van der Waals surface area contributed by atoms with E-state index in [2.05, 4.69) is 43.5 Å². The first-order valence-corrected chi connectivity index (χ1v) is 11.9. The van der Waals surface area contributed by atoms with Crippen LogP contribution in [-0.4, -0.2) is 66.7 Å². The highest BCUT2D eigenvalue weighted by molar-refractivity contribution is 6.32. The average Bonchev–Trinajstić information content (AvgIpc) is 2.86. The predicted octanol–water partition coefficient (Wildman–Crippen LogP) is 4.12. The number of rotatable bonds is 5. The van der Waals surface area contributed by atoms with Crippen LogP contribution in [0.5, 0.6) is 17.4 Å². The molecule has 0 saturated carbocycles. The second-order valence-electron chi connectivity index (χ2n) is 8.75. The van der Waals surface area contributed by atoms with Crippen LogP contribution in [0.4, 0.5) is 17.2 Å². The van der Waals surface area contributed by atoms with Crippen molar-refractivity contribution in [1.29, 1.82) is 0 Å². The smallest absolute Gasteiger partial charge is 0.268 e. The Balaban J connectivity index is 1.32. The van der Waals surface area contributed by atoms with Crippen molar-refractivity contribution in [3.05, 3.63) is 59.4 Å². The molecular weight excluding hydrogens is 468 g/mol. The number of aromatic nitrogens is 2. The molecule has 2 N–H and O–H groups in total. The summed E-state index contributed by atoms with van der Waals surface area (Å²) in [7, 11) is 2.13. The lowest BCUT2D eigenvalue weighted by Gasteiger charge is -2.34. The molecule has 1 saturated heterocycles. The molecule has 2 aliphatic heterocycles. The molecule has 10 heteroatoms. The van der Waals surface area contributed by atoms with E-state index in [1.54, 1.807) is 18.2 Å². The van der Waals surface area contributed by atoms with E-state index >= 15 is 0 Å². The highest BCUT2D eigenvalue weighted by Gasteiger charge is 2.23. The molecule has 0 bridgehead atoms. The van der Waals surface area contributed by atoms with Gasteiger partial charge in [0.2, 0.25) is 5.75 Å². The number of anilines is 3. The van der Waals surface area contributed by atoms with Gasteiger partial charge in [-0.15, -0.1) is 0 Å². The molecule has 3 heterocycles. The molecule has 9 nitrogen and oxygen atoms in total. The molecule has 35 heavy (non-hydrogen) atoms. The average molecular weight is 495 g/mol. The van der Waals surface area contributed by atoms with Crippen LogP contribution in [0, 0.1) is 0 Å². The number of piperazine rings is 1. The molecule has 1 atom stereocenters. The Morgan fingerprint density at radius 2 is 2.00 bits per heavy atom. The lowest BCUT2D eigenvalue weighted by atomic mass is 10.2. The first kappa shape index (κ1) is 23.2. The number of likely N-dealkylation sites (N-methyl/N-ethyl adjacent to an activating group) is 1. The summed E-state index contributed by atoms with van der Waals surface area (Å²) in [5, 5.41) is 6.56.